The normalized spacial score (nSPS) is 10.9. The lowest BCUT2D eigenvalue weighted by Gasteiger charge is -2.09. The van der Waals surface area contributed by atoms with E-state index in [0.29, 0.717) is 30.0 Å². The Bertz CT molecular complexity index is 979. The molecule has 0 atom stereocenters. The molecule has 0 spiro atoms. The summed E-state index contributed by atoms with van der Waals surface area (Å²) >= 11 is 0. The first kappa shape index (κ1) is 19.4. The second kappa shape index (κ2) is 8.53. The van der Waals surface area contributed by atoms with Crippen LogP contribution in [0.2, 0.25) is 0 Å². The number of fused-ring (bicyclic) bond motifs is 1. The van der Waals surface area contributed by atoms with E-state index in [9.17, 15) is 9.59 Å². The molecule has 0 bridgehead atoms. The Morgan fingerprint density at radius 1 is 1.11 bits per heavy atom. The van der Waals surface area contributed by atoms with Crippen LogP contribution in [0, 0.1) is 0 Å². The van der Waals surface area contributed by atoms with Crippen molar-refractivity contribution >= 4 is 23.0 Å². The zero-order valence-electron chi connectivity index (χ0n) is 16.1. The van der Waals surface area contributed by atoms with E-state index in [1.165, 1.54) is 0 Å². The molecule has 0 aliphatic rings. The van der Waals surface area contributed by atoms with Gasteiger partial charge in [0, 0.05) is 25.0 Å². The Kier molecular flexibility index (Phi) is 5.90. The molecule has 3 aromatic rings. The summed E-state index contributed by atoms with van der Waals surface area (Å²) in [5, 5.41) is 5.63. The number of benzene rings is 1. The van der Waals surface area contributed by atoms with Crippen LogP contribution in [0.3, 0.4) is 0 Å². The Morgan fingerprint density at radius 3 is 2.54 bits per heavy atom. The molecule has 2 heterocycles. The van der Waals surface area contributed by atoms with Crippen LogP contribution in [0.5, 0.6) is 5.75 Å². The van der Waals surface area contributed by atoms with Gasteiger partial charge in [-0.25, -0.2) is 4.98 Å². The molecular formula is C20H23N5O3. The van der Waals surface area contributed by atoms with Crippen LogP contribution in [0.15, 0.2) is 48.7 Å². The zero-order chi connectivity index (χ0) is 20.1. The van der Waals surface area contributed by atoms with Crippen LogP contribution in [-0.2, 0) is 0 Å². The van der Waals surface area contributed by atoms with E-state index >= 15 is 0 Å². The number of nitrogens with zero attached hydrogens (tertiary/aromatic N) is 3. The number of carbonyl (C=O) groups excluding carboxylic acids is 2. The van der Waals surface area contributed by atoms with Crippen molar-refractivity contribution in [3.05, 3.63) is 60.2 Å². The number of ether oxygens (including phenoxy) is 1. The van der Waals surface area contributed by atoms with Gasteiger partial charge < -0.3 is 20.3 Å². The summed E-state index contributed by atoms with van der Waals surface area (Å²) in [5.74, 6) is 0.123. The van der Waals surface area contributed by atoms with Crippen molar-refractivity contribution in [1.29, 1.82) is 0 Å². The van der Waals surface area contributed by atoms with Crippen molar-refractivity contribution < 1.29 is 14.3 Å². The number of hydrogen-bond acceptors (Lipinski definition) is 5. The first-order valence-corrected chi connectivity index (χ1v) is 8.85. The number of methoxy groups -OCH3 is 1. The fraction of sp³-hybridized carbons (Fsp3) is 0.250. The van der Waals surface area contributed by atoms with E-state index < -0.39 is 5.91 Å². The summed E-state index contributed by atoms with van der Waals surface area (Å²) in [6.45, 7) is 1.20. The third-order valence-electron chi connectivity index (χ3n) is 4.16. The minimum absolute atomic E-state index is 0.143. The number of hydrogen-bond donors (Lipinski definition) is 2. The van der Waals surface area contributed by atoms with Crippen LogP contribution >= 0.6 is 0 Å². The first-order chi connectivity index (χ1) is 13.5. The maximum atomic E-state index is 12.8. The number of amides is 2. The molecule has 3 rings (SSSR count). The number of aromatic nitrogens is 2. The first-order valence-electron chi connectivity index (χ1n) is 8.85. The number of nitrogens with one attached hydrogen (secondary N) is 2. The molecule has 0 fully saturated rings. The van der Waals surface area contributed by atoms with Gasteiger partial charge in [-0.3, -0.25) is 14.0 Å². The monoisotopic (exact) mass is 381 g/mol. The van der Waals surface area contributed by atoms with E-state index in [1.807, 2.05) is 19.0 Å². The maximum Gasteiger partial charge on any atom is 0.292 e. The average Bonchev–Trinajstić information content (AvgIpc) is 3.08. The van der Waals surface area contributed by atoms with Crippen LogP contribution in [0.1, 0.15) is 21.1 Å². The predicted molar refractivity (Wildman–Crippen MR) is 107 cm³/mol. The second-order valence-corrected chi connectivity index (χ2v) is 6.48. The Morgan fingerprint density at radius 2 is 1.86 bits per heavy atom. The standard InChI is InChI=1S/C20H23N5O3/c1-24(2)13-11-21-19(26)17-16-6-4-5-12-25(16)18(23-17)20(27)22-14-7-9-15(28-3)10-8-14/h4-10,12H,11,13H2,1-3H3,(H,21,26)(H,22,27). The molecule has 0 aliphatic carbocycles. The van der Waals surface area contributed by atoms with Gasteiger partial charge in [-0.15, -0.1) is 0 Å². The van der Waals surface area contributed by atoms with Crippen LogP contribution in [0.4, 0.5) is 5.69 Å². The maximum absolute atomic E-state index is 12.8. The van der Waals surface area contributed by atoms with Gasteiger partial charge in [0.2, 0.25) is 5.82 Å². The van der Waals surface area contributed by atoms with Gasteiger partial charge >= 0.3 is 0 Å². The van der Waals surface area contributed by atoms with Crippen molar-refractivity contribution in [1.82, 2.24) is 19.6 Å². The fourth-order valence-electron chi connectivity index (χ4n) is 2.70. The predicted octanol–water partition coefficient (Wildman–Crippen LogP) is 1.89. The lowest BCUT2D eigenvalue weighted by Crippen LogP contribution is -2.31. The molecule has 0 aliphatic heterocycles. The highest BCUT2D eigenvalue weighted by atomic mass is 16.5. The molecule has 146 valence electrons. The Labute approximate surface area is 163 Å². The van der Waals surface area contributed by atoms with Crippen LogP contribution < -0.4 is 15.4 Å². The molecule has 2 amide bonds. The van der Waals surface area contributed by atoms with E-state index in [4.69, 9.17) is 4.74 Å². The van der Waals surface area contributed by atoms with E-state index in [0.717, 1.165) is 0 Å². The molecule has 8 nitrogen and oxygen atoms in total. The highest BCUT2D eigenvalue weighted by Gasteiger charge is 2.21. The molecule has 2 aromatic heterocycles. The summed E-state index contributed by atoms with van der Waals surface area (Å²) in [7, 11) is 5.44. The van der Waals surface area contributed by atoms with Gasteiger partial charge in [0.1, 0.15) is 5.75 Å². The molecule has 8 heteroatoms. The molecule has 2 N–H and O–H groups in total. The zero-order valence-corrected chi connectivity index (χ0v) is 16.1. The lowest BCUT2D eigenvalue weighted by atomic mass is 10.3. The van der Waals surface area contributed by atoms with E-state index in [-0.39, 0.29) is 17.4 Å². The van der Waals surface area contributed by atoms with E-state index in [1.54, 1.807) is 60.2 Å². The molecule has 0 radical (unpaired) electrons. The van der Waals surface area contributed by atoms with Crippen molar-refractivity contribution in [2.24, 2.45) is 0 Å². The van der Waals surface area contributed by atoms with Gasteiger partial charge in [-0.2, -0.15) is 0 Å². The van der Waals surface area contributed by atoms with Crippen molar-refractivity contribution in [3.63, 3.8) is 0 Å². The Hall–Kier alpha value is -3.39. The van der Waals surface area contributed by atoms with Crippen molar-refractivity contribution in [2.75, 3.05) is 39.6 Å². The smallest absolute Gasteiger partial charge is 0.292 e. The average molecular weight is 381 g/mol. The SMILES string of the molecule is COc1ccc(NC(=O)c2nc(C(=O)NCCN(C)C)c3ccccn23)cc1. The molecular weight excluding hydrogens is 358 g/mol. The number of pyridine rings is 1. The highest BCUT2D eigenvalue weighted by molar-refractivity contribution is 6.06. The van der Waals surface area contributed by atoms with E-state index in [2.05, 4.69) is 15.6 Å². The lowest BCUT2D eigenvalue weighted by molar-refractivity contribution is 0.0948. The van der Waals surface area contributed by atoms with Gasteiger partial charge in [-0.1, -0.05) is 6.07 Å². The molecule has 0 unspecified atom stereocenters. The van der Waals surface area contributed by atoms with Gasteiger partial charge in [0.05, 0.1) is 12.6 Å². The molecule has 0 saturated heterocycles. The molecule has 28 heavy (non-hydrogen) atoms. The van der Waals surface area contributed by atoms with Gasteiger partial charge in [0.25, 0.3) is 11.8 Å². The number of anilines is 1. The van der Waals surface area contributed by atoms with Crippen LogP contribution in [0.25, 0.3) is 5.52 Å². The minimum Gasteiger partial charge on any atom is -0.497 e. The molecule has 0 saturated carbocycles. The number of imidazole rings is 1. The van der Waals surface area contributed by atoms with Gasteiger partial charge in [0.15, 0.2) is 5.69 Å². The summed E-state index contributed by atoms with van der Waals surface area (Å²) in [5.41, 5.74) is 1.40. The summed E-state index contributed by atoms with van der Waals surface area (Å²) in [6, 6.07) is 12.3. The van der Waals surface area contributed by atoms with Crippen molar-refractivity contribution in [2.45, 2.75) is 0 Å². The summed E-state index contributed by atoms with van der Waals surface area (Å²) in [6.07, 6.45) is 1.71. The summed E-state index contributed by atoms with van der Waals surface area (Å²) in [4.78, 5) is 31.6. The number of rotatable bonds is 7. The molecule has 1 aromatic carbocycles. The number of likely N-dealkylation sites (N-methyl/N-ethyl adjacent to an activating group) is 1. The third kappa shape index (κ3) is 4.29. The largest absolute Gasteiger partial charge is 0.497 e. The summed E-state index contributed by atoms with van der Waals surface area (Å²) < 4.78 is 6.73. The third-order valence-corrected chi connectivity index (χ3v) is 4.16. The fourth-order valence-corrected chi connectivity index (χ4v) is 2.70. The van der Waals surface area contributed by atoms with Crippen molar-refractivity contribution in [3.8, 4) is 5.75 Å². The topological polar surface area (TPSA) is 88.0 Å². The van der Waals surface area contributed by atoms with Crippen LogP contribution in [-0.4, -0.2) is 60.4 Å². The quantitative estimate of drug-likeness (QED) is 0.653. The number of carbonyl (C=O) groups is 2. The highest BCUT2D eigenvalue weighted by Crippen LogP contribution is 2.18. The van der Waals surface area contributed by atoms with Gasteiger partial charge in [-0.05, 0) is 50.5 Å². The second-order valence-electron chi connectivity index (χ2n) is 6.48. The Balaban J connectivity index is 1.84. The minimum atomic E-state index is -0.404.